The van der Waals surface area contributed by atoms with Gasteiger partial charge < -0.3 is 5.11 Å². The van der Waals surface area contributed by atoms with Gasteiger partial charge in [0.25, 0.3) is 0 Å². The second-order valence-corrected chi connectivity index (χ2v) is 7.62. The average molecular weight is 318 g/mol. The van der Waals surface area contributed by atoms with Gasteiger partial charge in [0, 0.05) is 11.6 Å². The van der Waals surface area contributed by atoms with E-state index >= 15 is 0 Å². The highest BCUT2D eigenvalue weighted by atomic mass is 35.5. The second-order valence-electron chi connectivity index (χ2n) is 5.47. The molecule has 1 fully saturated rings. The maximum atomic E-state index is 12.3. The van der Waals surface area contributed by atoms with E-state index in [1.165, 1.54) is 6.07 Å². The van der Waals surface area contributed by atoms with Gasteiger partial charge in [0.15, 0.2) is 0 Å². The third-order valence-corrected chi connectivity index (χ3v) is 5.84. The van der Waals surface area contributed by atoms with Gasteiger partial charge >= 0.3 is 0 Å². The smallest absolute Gasteiger partial charge is 0.240 e. The van der Waals surface area contributed by atoms with Gasteiger partial charge in [0.05, 0.1) is 10.5 Å². The Kier molecular flexibility index (Phi) is 4.74. The summed E-state index contributed by atoms with van der Waals surface area (Å²) in [7, 11) is -3.65. The maximum absolute atomic E-state index is 12.3. The summed E-state index contributed by atoms with van der Waals surface area (Å²) in [5.41, 5.74) is -0.394. The van der Waals surface area contributed by atoms with E-state index < -0.39 is 15.6 Å². The minimum Gasteiger partial charge on any atom is -0.389 e. The molecule has 1 aliphatic rings. The molecule has 0 saturated heterocycles. The van der Waals surface area contributed by atoms with E-state index in [9.17, 15) is 13.5 Å². The third kappa shape index (κ3) is 3.52. The second kappa shape index (κ2) is 6.02. The molecular weight excluding hydrogens is 298 g/mol. The molecule has 4 nitrogen and oxygen atoms in total. The highest BCUT2D eigenvalue weighted by Crippen LogP contribution is 2.28. The van der Waals surface area contributed by atoms with Crippen LogP contribution < -0.4 is 4.72 Å². The number of hydrogen-bond donors (Lipinski definition) is 2. The largest absolute Gasteiger partial charge is 0.389 e. The van der Waals surface area contributed by atoms with Gasteiger partial charge in [-0.2, -0.15) is 0 Å². The number of hydrogen-bond acceptors (Lipinski definition) is 3. The van der Waals surface area contributed by atoms with Gasteiger partial charge in [-0.3, -0.25) is 0 Å². The summed E-state index contributed by atoms with van der Waals surface area (Å²) in [6.45, 7) is 1.73. The highest BCUT2D eigenvalue weighted by Gasteiger charge is 2.31. The van der Waals surface area contributed by atoms with Crippen LogP contribution in [-0.2, 0) is 10.0 Å². The van der Waals surface area contributed by atoms with Gasteiger partial charge in [0.2, 0.25) is 10.0 Å². The number of rotatable bonds is 4. The maximum Gasteiger partial charge on any atom is 0.240 e. The van der Waals surface area contributed by atoms with Crippen molar-refractivity contribution in [3.63, 3.8) is 0 Å². The van der Waals surface area contributed by atoms with Crippen molar-refractivity contribution in [2.45, 2.75) is 49.5 Å². The summed E-state index contributed by atoms with van der Waals surface area (Å²) < 4.78 is 27.1. The zero-order valence-corrected chi connectivity index (χ0v) is 13.1. The van der Waals surface area contributed by atoms with Crippen molar-refractivity contribution < 1.29 is 13.5 Å². The summed E-state index contributed by atoms with van der Waals surface area (Å²) in [4.78, 5) is 0.171. The molecule has 2 N–H and O–H groups in total. The Balaban J connectivity index is 2.13. The van der Waals surface area contributed by atoms with Crippen molar-refractivity contribution in [3.05, 3.63) is 28.8 Å². The van der Waals surface area contributed by atoms with E-state index in [0.717, 1.165) is 19.3 Å². The minimum absolute atomic E-state index is 0.0568. The Labute approximate surface area is 125 Å². The van der Waals surface area contributed by atoms with Crippen molar-refractivity contribution in [3.8, 4) is 0 Å². The van der Waals surface area contributed by atoms with Crippen LogP contribution in [0.1, 0.15) is 37.7 Å². The van der Waals surface area contributed by atoms with E-state index in [2.05, 4.69) is 4.72 Å². The summed E-state index contributed by atoms with van der Waals surface area (Å²) in [5.74, 6) is 0. The van der Waals surface area contributed by atoms with E-state index in [1.807, 2.05) is 0 Å². The summed E-state index contributed by atoms with van der Waals surface area (Å²) >= 11 is 5.95. The van der Waals surface area contributed by atoms with Gasteiger partial charge in [-0.25, -0.2) is 13.1 Å². The first-order valence-electron chi connectivity index (χ1n) is 6.81. The normalized spacial score (nSPS) is 18.9. The van der Waals surface area contributed by atoms with Crippen molar-refractivity contribution in [1.82, 2.24) is 4.72 Å². The fraction of sp³-hybridized carbons (Fsp3) is 0.571. The van der Waals surface area contributed by atoms with Gasteiger partial charge in [-0.15, -0.1) is 0 Å². The van der Waals surface area contributed by atoms with Crippen molar-refractivity contribution >= 4 is 21.6 Å². The molecule has 0 amide bonds. The zero-order chi connectivity index (χ0) is 14.8. The fourth-order valence-corrected chi connectivity index (χ4v) is 4.19. The Bertz CT molecular complexity index is 580. The fourth-order valence-electron chi connectivity index (χ4n) is 2.57. The molecule has 0 bridgehead atoms. The predicted octanol–water partition coefficient (Wildman–Crippen LogP) is 2.62. The molecule has 1 aromatic carbocycles. The van der Waals surface area contributed by atoms with Crippen molar-refractivity contribution in [2.24, 2.45) is 0 Å². The van der Waals surface area contributed by atoms with E-state index in [4.69, 9.17) is 11.6 Å². The molecule has 0 unspecified atom stereocenters. The van der Waals surface area contributed by atoms with Gasteiger partial charge in [0.1, 0.15) is 0 Å². The average Bonchev–Trinajstić information content (AvgIpc) is 2.41. The van der Waals surface area contributed by atoms with Crippen LogP contribution in [0.2, 0.25) is 5.02 Å². The first kappa shape index (κ1) is 15.8. The monoisotopic (exact) mass is 317 g/mol. The highest BCUT2D eigenvalue weighted by molar-refractivity contribution is 7.89. The Hall–Kier alpha value is -0.620. The molecule has 0 heterocycles. The molecule has 0 radical (unpaired) electrons. The number of benzene rings is 1. The van der Waals surface area contributed by atoms with E-state index in [-0.39, 0.29) is 11.4 Å². The van der Waals surface area contributed by atoms with Crippen LogP contribution in [-0.4, -0.2) is 25.7 Å². The molecule has 1 aliphatic carbocycles. The predicted molar refractivity (Wildman–Crippen MR) is 79.4 cm³/mol. The van der Waals surface area contributed by atoms with Crippen molar-refractivity contribution in [2.75, 3.05) is 6.54 Å². The number of aliphatic hydroxyl groups is 1. The molecule has 0 atom stereocenters. The Morgan fingerprint density at radius 2 is 1.95 bits per heavy atom. The Morgan fingerprint density at radius 1 is 1.30 bits per heavy atom. The van der Waals surface area contributed by atoms with Gasteiger partial charge in [-0.05, 0) is 37.5 Å². The summed E-state index contributed by atoms with van der Waals surface area (Å²) in [5, 5.41) is 10.8. The molecular formula is C14H20ClNO3S. The number of sulfonamides is 1. The molecule has 112 valence electrons. The molecule has 0 aliphatic heterocycles. The van der Waals surface area contributed by atoms with Gasteiger partial charge in [-0.1, -0.05) is 36.9 Å². The quantitative estimate of drug-likeness (QED) is 0.897. The molecule has 2 rings (SSSR count). The molecule has 0 aromatic heterocycles. The van der Waals surface area contributed by atoms with Crippen LogP contribution in [0.5, 0.6) is 0 Å². The lowest BCUT2D eigenvalue weighted by Gasteiger charge is -2.32. The summed E-state index contributed by atoms with van der Waals surface area (Å²) in [6, 6.07) is 4.79. The molecule has 20 heavy (non-hydrogen) atoms. The lowest BCUT2D eigenvalue weighted by molar-refractivity contribution is 0.00945. The van der Waals surface area contributed by atoms with Crippen LogP contribution in [0, 0.1) is 6.92 Å². The minimum atomic E-state index is -3.65. The molecule has 6 heteroatoms. The van der Waals surface area contributed by atoms with Crippen LogP contribution in [0.15, 0.2) is 23.1 Å². The van der Waals surface area contributed by atoms with Crippen molar-refractivity contribution in [1.29, 1.82) is 0 Å². The van der Waals surface area contributed by atoms with Crippen LogP contribution in [0.3, 0.4) is 0 Å². The zero-order valence-electron chi connectivity index (χ0n) is 11.5. The first-order chi connectivity index (χ1) is 9.34. The first-order valence-corrected chi connectivity index (χ1v) is 8.67. The SMILES string of the molecule is Cc1c(Cl)cccc1S(=O)(=O)NCC1(O)CCCCC1. The standard InChI is InChI=1S/C14H20ClNO3S/c1-11-12(15)6-5-7-13(11)20(18,19)16-10-14(17)8-3-2-4-9-14/h5-7,16-17H,2-4,8-10H2,1H3. The number of nitrogens with one attached hydrogen (secondary N) is 1. The van der Waals surface area contributed by atoms with Crippen LogP contribution in [0.4, 0.5) is 0 Å². The van der Waals surface area contributed by atoms with E-state index in [1.54, 1.807) is 19.1 Å². The topological polar surface area (TPSA) is 66.4 Å². The van der Waals surface area contributed by atoms with E-state index in [0.29, 0.717) is 23.4 Å². The Morgan fingerprint density at radius 3 is 2.60 bits per heavy atom. The number of halogens is 1. The lowest BCUT2D eigenvalue weighted by atomic mass is 9.85. The molecule has 1 saturated carbocycles. The van der Waals surface area contributed by atoms with Crippen LogP contribution in [0.25, 0.3) is 0 Å². The molecule has 1 aromatic rings. The molecule has 0 spiro atoms. The van der Waals surface area contributed by atoms with Crippen LogP contribution >= 0.6 is 11.6 Å². The summed E-state index contributed by atoms with van der Waals surface area (Å²) in [6.07, 6.45) is 4.26. The third-order valence-electron chi connectivity index (χ3n) is 3.88. The lowest BCUT2D eigenvalue weighted by Crippen LogP contribution is -2.44.